The van der Waals surface area contributed by atoms with Gasteiger partial charge in [-0.2, -0.15) is 0 Å². The van der Waals surface area contributed by atoms with Gasteiger partial charge in [-0.05, 0) is 68.4 Å². The lowest BCUT2D eigenvalue weighted by Crippen LogP contribution is -2.51. The normalized spacial score (nSPS) is 38.6. The summed E-state index contributed by atoms with van der Waals surface area (Å²) in [5.74, 6) is 3.85. The summed E-state index contributed by atoms with van der Waals surface area (Å²) in [6.07, 6.45) is 8.79. The molecule has 1 heterocycles. The highest BCUT2D eigenvalue weighted by atomic mass is 32.2. The topological polar surface area (TPSA) is 47.3 Å². The molecule has 21 heavy (non-hydrogen) atoms. The van der Waals surface area contributed by atoms with Gasteiger partial charge < -0.3 is 4.42 Å². The van der Waals surface area contributed by atoms with Gasteiger partial charge in [0, 0.05) is 16.2 Å². The molecule has 0 saturated heterocycles. The molecule has 1 aromatic rings. The molecule has 4 saturated carbocycles. The van der Waals surface area contributed by atoms with Crippen LogP contribution >= 0.6 is 0 Å². The molecule has 0 radical (unpaired) electrons. The van der Waals surface area contributed by atoms with Gasteiger partial charge in [-0.15, -0.1) is 0 Å². The summed E-state index contributed by atoms with van der Waals surface area (Å²) in [4.78, 5) is 12.8. The quantitative estimate of drug-likeness (QED) is 0.838. The molecule has 0 aromatic carbocycles. The Morgan fingerprint density at radius 2 is 1.81 bits per heavy atom. The maximum absolute atomic E-state index is 12.8. The molecule has 4 aliphatic rings. The Balaban J connectivity index is 1.44. The molecule has 5 rings (SSSR count). The number of Topliss-reactive ketones (excluding diaryl/α,β-unsaturated/α-hetero) is 1. The molecule has 1 atom stereocenters. The fourth-order valence-electron chi connectivity index (χ4n) is 5.36. The van der Waals surface area contributed by atoms with Gasteiger partial charge in [0.15, 0.2) is 5.78 Å². The molecule has 4 heteroatoms. The largest absolute Gasteiger partial charge is 0.468 e. The molecule has 1 unspecified atom stereocenters. The molecule has 0 spiro atoms. The van der Waals surface area contributed by atoms with Crippen LogP contribution in [0.3, 0.4) is 0 Å². The molecule has 1 aromatic heterocycles. The van der Waals surface area contributed by atoms with Crippen molar-refractivity contribution in [3.05, 3.63) is 24.2 Å². The summed E-state index contributed by atoms with van der Waals surface area (Å²) < 4.78 is 17.5. The first kappa shape index (κ1) is 13.7. The molecular weight excluding hydrogens is 284 g/mol. The zero-order chi connectivity index (χ0) is 14.4. The van der Waals surface area contributed by atoms with Crippen LogP contribution in [0, 0.1) is 23.2 Å². The standard InChI is InChI=1S/C17H22O3S/c18-16(11-21(19)10-15-2-1-3-20-15)17-7-12-4-13(8-17)6-14(5-12)9-17/h1-3,12-14H,4-11H2. The van der Waals surface area contributed by atoms with Crippen LogP contribution in [0.1, 0.15) is 44.3 Å². The average Bonchev–Trinajstić information content (AvgIpc) is 2.89. The number of carbonyl (C=O) groups is 1. The van der Waals surface area contributed by atoms with E-state index in [2.05, 4.69) is 0 Å². The first-order valence-corrected chi connectivity index (χ1v) is 9.52. The van der Waals surface area contributed by atoms with Crippen LogP contribution in [0.25, 0.3) is 0 Å². The second-order valence-electron chi connectivity index (χ2n) is 7.43. The third-order valence-corrected chi connectivity index (χ3v) is 7.00. The lowest BCUT2D eigenvalue weighted by molar-refractivity contribution is -0.141. The molecule has 0 N–H and O–H groups in total. The highest BCUT2D eigenvalue weighted by molar-refractivity contribution is 7.84. The maximum Gasteiger partial charge on any atom is 0.151 e. The Labute approximate surface area is 127 Å². The van der Waals surface area contributed by atoms with Gasteiger partial charge in [-0.1, -0.05) is 0 Å². The van der Waals surface area contributed by atoms with Crippen molar-refractivity contribution in [2.75, 3.05) is 5.75 Å². The van der Waals surface area contributed by atoms with Crippen molar-refractivity contribution in [3.8, 4) is 0 Å². The second kappa shape index (κ2) is 5.08. The van der Waals surface area contributed by atoms with Crippen molar-refractivity contribution in [3.63, 3.8) is 0 Å². The van der Waals surface area contributed by atoms with Gasteiger partial charge in [0.2, 0.25) is 0 Å². The second-order valence-corrected chi connectivity index (χ2v) is 8.89. The summed E-state index contributed by atoms with van der Waals surface area (Å²) >= 11 is 0. The van der Waals surface area contributed by atoms with Crippen LogP contribution in [0.4, 0.5) is 0 Å². The third kappa shape index (κ3) is 2.52. The van der Waals surface area contributed by atoms with Crippen molar-refractivity contribution in [2.24, 2.45) is 23.2 Å². The Morgan fingerprint density at radius 3 is 2.33 bits per heavy atom. The first-order valence-electron chi connectivity index (χ1n) is 8.04. The minimum atomic E-state index is -1.14. The molecule has 114 valence electrons. The van der Waals surface area contributed by atoms with Crippen molar-refractivity contribution >= 4 is 16.6 Å². The fraction of sp³-hybridized carbons (Fsp3) is 0.706. The van der Waals surface area contributed by atoms with Crippen molar-refractivity contribution < 1.29 is 13.4 Å². The molecule has 0 amide bonds. The monoisotopic (exact) mass is 306 g/mol. The molecule has 4 bridgehead atoms. The van der Waals surface area contributed by atoms with Crippen molar-refractivity contribution in [1.29, 1.82) is 0 Å². The van der Waals surface area contributed by atoms with E-state index in [9.17, 15) is 9.00 Å². The zero-order valence-electron chi connectivity index (χ0n) is 12.3. The highest BCUT2D eigenvalue weighted by Gasteiger charge is 2.54. The van der Waals surface area contributed by atoms with Gasteiger partial charge in [-0.3, -0.25) is 9.00 Å². The SMILES string of the molecule is O=C(CS(=O)Cc1ccco1)C12CC3CC(CC(C3)C1)C2. The smallest absolute Gasteiger partial charge is 0.151 e. The van der Waals surface area contributed by atoms with E-state index in [0.29, 0.717) is 11.5 Å². The molecular formula is C17H22O3S. The van der Waals surface area contributed by atoms with E-state index in [-0.39, 0.29) is 17.0 Å². The minimum absolute atomic E-state index is 0.117. The van der Waals surface area contributed by atoms with Gasteiger partial charge in [-0.25, -0.2) is 0 Å². The number of hydrogen-bond donors (Lipinski definition) is 0. The predicted molar refractivity (Wildman–Crippen MR) is 81.0 cm³/mol. The van der Waals surface area contributed by atoms with Crippen LogP contribution in [-0.2, 0) is 21.3 Å². The third-order valence-electron chi connectivity index (χ3n) is 5.81. The van der Waals surface area contributed by atoms with Crippen LogP contribution < -0.4 is 0 Å². The Bertz CT molecular complexity index is 525. The number of furan rings is 1. The lowest BCUT2D eigenvalue weighted by Gasteiger charge is -2.55. The molecule has 3 nitrogen and oxygen atoms in total. The van der Waals surface area contributed by atoms with E-state index in [1.165, 1.54) is 19.3 Å². The van der Waals surface area contributed by atoms with Crippen LogP contribution in [0.5, 0.6) is 0 Å². The molecule has 4 fully saturated rings. The van der Waals surface area contributed by atoms with E-state index in [1.54, 1.807) is 12.3 Å². The van der Waals surface area contributed by atoms with E-state index >= 15 is 0 Å². The Kier molecular flexibility index (Phi) is 3.32. The minimum Gasteiger partial charge on any atom is -0.468 e. The number of ketones is 1. The number of hydrogen-bond acceptors (Lipinski definition) is 3. The van der Waals surface area contributed by atoms with Crippen molar-refractivity contribution in [2.45, 2.75) is 44.3 Å². The number of carbonyl (C=O) groups excluding carboxylic acids is 1. The summed E-state index contributed by atoms with van der Waals surface area (Å²) in [5, 5.41) is 0. The van der Waals surface area contributed by atoms with Gasteiger partial charge in [0.05, 0.1) is 17.8 Å². The van der Waals surface area contributed by atoms with Crippen LogP contribution in [0.15, 0.2) is 22.8 Å². The van der Waals surface area contributed by atoms with E-state index < -0.39 is 10.8 Å². The summed E-state index contributed by atoms with van der Waals surface area (Å²) in [6, 6.07) is 3.63. The summed E-state index contributed by atoms with van der Waals surface area (Å²) in [5.41, 5.74) is -0.117. The average molecular weight is 306 g/mol. The Morgan fingerprint density at radius 1 is 1.19 bits per heavy atom. The Hall–Kier alpha value is -0.900. The van der Waals surface area contributed by atoms with Gasteiger partial charge >= 0.3 is 0 Å². The lowest BCUT2D eigenvalue weighted by atomic mass is 9.48. The molecule has 0 aliphatic heterocycles. The number of rotatable bonds is 5. The van der Waals surface area contributed by atoms with E-state index in [4.69, 9.17) is 4.42 Å². The fourth-order valence-corrected chi connectivity index (χ4v) is 6.54. The predicted octanol–water partition coefficient (Wildman–Crippen LogP) is 3.31. The summed E-state index contributed by atoms with van der Waals surface area (Å²) in [6.45, 7) is 0. The van der Waals surface area contributed by atoms with Crippen LogP contribution in [-0.4, -0.2) is 15.7 Å². The first-order chi connectivity index (χ1) is 10.1. The summed E-state index contributed by atoms with van der Waals surface area (Å²) in [7, 11) is -1.14. The van der Waals surface area contributed by atoms with E-state index in [1.807, 2.05) is 6.07 Å². The van der Waals surface area contributed by atoms with Gasteiger partial charge in [0.1, 0.15) is 5.76 Å². The highest BCUT2D eigenvalue weighted by Crippen LogP contribution is 2.60. The van der Waals surface area contributed by atoms with Crippen LogP contribution in [0.2, 0.25) is 0 Å². The zero-order valence-corrected chi connectivity index (χ0v) is 13.1. The van der Waals surface area contributed by atoms with Crippen molar-refractivity contribution in [1.82, 2.24) is 0 Å². The maximum atomic E-state index is 12.8. The van der Waals surface area contributed by atoms with E-state index in [0.717, 1.165) is 37.0 Å². The van der Waals surface area contributed by atoms with Gasteiger partial charge in [0.25, 0.3) is 0 Å². The molecule has 4 aliphatic carbocycles.